The minimum absolute atomic E-state index is 0.230. The van der Waals surface area contributed by atoms with Gasteiger partial charge in [0.2, 0.25) is 0 Å². The van der Waals surface area contributed by atoms with Crippen LogP contribution in [0.3, 0.4) is 0 Å². The topological polar surface area (TPSA) is 23.8 Å². The van der Waals surface area contributed by atoms with Gasteiger partial charge in [0.25, 0.3) is 0 Å². The van der Waals surface area contributed by atoms with Crippen LogP contribution in [0.15, 0.2) is 83.5 Å². The first-order valence-corrected chi connectivity index (χ1v) is 8.60. The summed E-state index contributed by atoms with van der Waals surface area (Å²) < 4.78 is 0. The lowest BCUT2D eigenvalue weighted by molar-refractivity contribution is 0.385. The predicted molar refractivity (Wildman–Crippen MR) is 98.8 cm³/mol. The molecule has 3 aliphatic carbocycles. The molecule has 1 aromatic rings. The van der Waals surface area contributed by atoms with Crippen molar-refractivity contribution in [2.45, 2.75) is 20.3 Å². The normalized spacial score (nSPS) is 32.4. The van der Waals surface area contributed by atoms with Gasteiger partial charge in [-0.2, -0.15) is 5.26 Å². The van der Waals surface area contributed by atoms with E-state index in [1.165, 1.54) is 27.9 Å². The van der Waals surface area contributed by atoms with Crippen LogP contribution in [0.5, 0.6) is 0 Å². The van der Waals surface area contributed by atoms with Gasteiger partial charge in [-0.05, 0) is 48.1 Å². The Hall–Kier alpha value is -2.59. The van der Waals surface area contributed by atoms with Crippen LogP contribution in [0, 0.1) is 28.6 Å². The fraction of sp³-hybridized carbons (Fsp3) is 0.261. The minimum Gasteiger partial charge on any atom is -0.197 e. The maximum atomic E-state index is 9.95. The first kappa shape index (κ1) is 15.0. The number of fused-ring (bicyclic) bond motifs is 2. The van der Waals surface area contributed by atoms with Gasteiger partial charge < -0.3 is 0 Å². The molecule has 0 radical (unpaired) electrons. The summed E-state index contributed by atoms with van der Waals surface area (Å²) >= 11 is 0. The van der Waals surface area contributed by atoms with Crippen LogP contribution < -0.4 is 0 Å². The minimum atomic E-state index is -0.444. The lowest BCUT2D eigenvalue weighted by atomic mass is 9.74. The van der Waals surface area contributed by atoms with E-state index >= 15 is 0 Å². The van der Waals surface area contributed by atoms with Crippen molar-refractivity contribution >= 4 is 5.57 Å². The summed E-state index contributed by atoms with van der Waals surface area (Å²) in [6.45, 7) is 4.30. The third-order valence-corrected chi connectivity index (χ3v) is 5.78. The average molecular weight is 311 g/mol. The zero-order chi connectivity index (χ0) is 16.7. The van der Waals surface area contributed by atoms with Crippen molar-refractivity contribution in [2.24, 2.45) is 17.3 Å². The molecule has 0 fully saturated rings. The van der Waals surface area contributed by atoms with Crippen molar-refractivity contribution in [3.63, 3.8) is 0 Å². The smallest absolute Gasteiger partial charge is 0.0868 e. The molecule has 24 heavy (non-hydrogen) atoms. The monoisotopic (exact) mass is 311 g/mol. The van der Waals surface area contributed by atoms with Gasteiger partial charge in [0.1, 0.15) is 0 Å². The van der Waals surface area contributed by atoms with E-state index in [0.29, 0.717) is 5.92 Å². The van der Waals surface area contributed by atoms with Crippen LogP contribution in [0.2, 0.25) is 0 Å². The van der Waals surface area contributed by atoms with Gasteiger partial charge in [0, 0.05) is 11.8 Å². The van der Waals surface area contributed by atoms with Crippen molar-refractivity contribution in [2.75, 3.05) is 0 Å². The Morgan fingerprint density at radius 3 is 2.62 bits per heavy atom. The quantitative estimate of drug-likeness (QED) is 0.660. The maximum absolute atomic E-state index is 9.95. The van der Waals surface area contributed by atoms with Gasteiger partial charge in [0.05, 0.1) is 11.5 Å². The summed E-state index contributed by atoms with van der Waals surface area (Å²) in [5, 5.41) is 9.95. The largest absolute Gasteiger partial charge is 0.197 e. The highest BCUT2D eigenvalue weighted by Gasteiger charge is 2.51. The number of nitrogens with zero attached hydrogens (tertiary/aromatic N) is 1. The van der Waals surface area contributed by atoms with Crippen molar-refractivity contribution in [3.8, 4) is 6.07 Å². The van der Waals surface area contributed by atoms with E-state index < -0.39 is 5.41 Å². The van der Waals surface area contributed by atoms with Gasteiger partial charge in [0.15, 0.2) is 0 Å². The molecule has 1 heteroatoms. The second kappa shape index (κ2) is 5.49. The SMILES string of the molecule is C/C(=C1\C=C[C@@H]2[C@H]1C1=C(C=CCC=C1)[C@@]2(C)C#N)c1ccccc1. The molecule has 118 valence electrons. The lowest BCUT2D eigenvalue weighted by Gasteiger charge is -2.25. The van der Waals surface area contributed by atoms with Crippen LogP contribution >= 0.6 is 0 Å². The highest BCUT2D eigenvalue weighted by molar-refractivity contribution is 5.74. The molecule has 4 rings (SSSR count). The fourth-order valence-corrected chi connectivity index (χ4v) is 4.42. The average Bonchev–Trinajstić information content (AvgIpc) is 3.04. The van der Waals surface area contributed by atoms with E-state index in [4.69, 9.17) is 0 Å². The Kier molecular flexibility index (Phi) is 3.43. The standard InChI is InChI=1S/C23H21N/c1-16(17-9-5-3-6-10-17)18-13-14-21-22(18)19-11-7-4-8-12-20(19)23(21,2)15-24/h3,5-14,21-22H,4H2,1-2H3/b18-16-/t21-,22-,23-/m1/s1. The Bertz CT molecular complexity index is 870. The number of allylic oxidation sites excluding steroid dienone is 10. The molecule has 3 atom stereocenters. The molecular weight excluding hydrogens is 290 g/mol. The Morgan fingerprint density at radius 2 is 1.88 bits per heavy atom. The molecule has 0 spiro atoms. The highest BCUT2D eigenvalue weighted by atomic mass is 14.5. The van der Waals surface area contributed by atoms with Crippen molar-refractivity contribution in [1.82, 2.24) is 0 Å². The summed E-state index contributed by atoms with van der Waals surface area (Å²) in [6, 6.07) is 13.2. The van der Waals surface area contributed by atoms with E-state index in [1.807, 2.05) is 0 Å². The van der Waals surface area contributed by atoms with Gasteiger partial charge in [-0.1, -0.05) is 66.8 Å². The molecule has 1 aromatic carbocycles. The number of hydrogen-bond donors (Lipinski definition) is 0. The predicted octanol–water partition coefficient (Wildman–Crippen LogP) is 5.62. The molecule has 0 unspecified atom stereocenters. The molecule has 0 bridgehead atoms. The zero-order valence-corrected chi connectivity index (χ0v) is 14.2. The number of benzene rings is 1. The summed E-state index contributed by atoms with van der Waals surface area (Å²) in [5.74, 6) is 0.525. The Labute approximate surface area is 144 Å². The van der Waals surface area contributed by atoms with Gasteiger partial charge in [-0.15, -0.1) is 0 Å². The molecular formula is C23H21N. The summed E-state index contributed by atoms with van der Waals surface area (Å²) in [7, 11) is 0. The van der Waals surface area contributed by atoms with Gasteiger partial charge >= 0.3 is 0 Å². The third kappa shape index (κ3) is 2.00. The van der Waals surface area contributed by atoms with E-state index in [9.17, 15) is 5.26 Å². The van der Waals surface area contributed by atoms with E-state index in [0.717, 1.165) is 6.42 Å². The number of hydrogen-bond acceptors (Lipinski definition) is 1. The highest BCUT2D eigenvalue weighted by Crippen LogP contribution is 2.58. The van der Waals surface area contributed by atoms with Crippen LogP contribution in [-0.4, -0.2) is 0 Å². The van der Waals surface area contributed by atoms with Crippen LogP contribution in [0.1, 0.15) is 25.8 Å². The molecule has 0 heterocycles. The number of nitriles is 1. The Balaban J connectivity index is 1.90. The van der Waals surface area contributed by atoms with Crippen molar-refractivity contribution < 1.29 is 0 Å². The van der Waals surface area contributed by atoms with Crippen LogP contribution in [0.25, 0.3) is 5.57 Å². The molecule has 1 nitrogen and oxygen atoms in total. The molecule has 0 saturated carbocycles. The van der Waals surface area contributed by atoms with Crippen molar-refractivity contribution in [3.05, 3.63) is 89.1 Å². The summed E-state index contributed by atoms with van der Waals surface area (Å²) in [4.78, 5) is 0. The van der Waals surface area contributed by atoms with E-state index in [1.54, 1.807) is 0 Å². The number of rotatable bonds is 1. The molecule has 0 aliphatic heterocycles. The van der Waals surface area contributed by atoms with Crippen molar-refractivity contribution in [1.29, 1.82) is 5.26 Å². The molecule has 0 amide bonds. The molecule has 0 saturated heterocycles. The third-order valence-electron chi connectivity index (χ3n) is 5.78. The maximum Gasteiger partial charge on any atom is 0.0868 e. The Morgan fingerprint density at radius 1 is 1.12 bits per heavy atom. The van der Waals surface area contributed by atoms with Crippen LogP contribution in [-0.2, 0) is 0 Å². The fourth-order valence-electron chi connectivity index (χ4n) is 4.42. The van der Waals surface area contributed by atoms with Gasteiger partial charge in [-0.25, -0.2) is 0 Å². The first-order valence-electron chi connectivity index (χ1n) is 8.60. The zero-order valence-electron chi connectivity index (χ0n) is 14.2. The first-order chi connectivity index (χ1) is 11.7. The molecule has 0 N–H and O–H groups in total. The summed E-state index contributed by atoms with van der Waals surface area (Å²) in [5.41, 5.74) is 6.02. The second-order valence-corrected chi connectivity index (χ2v) is 7.03. The van der Waals surface area contributed by atoms with E-state index in [2.05, 4.69) is 86.7 Å². The second-order valence-electron chi connectivity index (χ2n) is 7.03. The van der Waals surface area contributed by atoms with Crippen LogP contribution in [0.4, 0.5) is 0 Å². The lowest BCUT2D eigenvalue weighted by Crippen LogP contribution is -2.23. The van der Waals surface area contributed by atoms with Gasteiger partial charge in [-0.3, -0.25) is 0 Å². The summed E-state index contributed by atoms with van der Waals surface area (Å²) in [6.07, 6.45) is 14.3. The molecule has 3 aliphatic rings. The van der Waals surface area contributed by atoms with E-state index in [-0.39, 0.29) is 5.92 Å². The molecule has 0 aromatic heterocycles.